The number of anilines is 1. The van der Waals surface area contributed by atoms with E-state index in [1.807, 2.05) is 36.9 Å². The lowest BCUT2D eigenvalue weighted by molar-refractivity contribution is -0.132. The summed E-state index contributed by atoms with van der Waals surface area (Å²) in [4.78, 5) is 25.7. The van der Waals surface area contributed by atoms with Gasteiger partial charge in [0.25, 0.3) is 0 Å². The molecule has 0 bridgehead atoms. The number of hydrogen-bond donors (Lipinski definition) is 0. The van der Waals surface area contributed by atoms with Crippen molar-refractivity contribution in [3.8, 4) is 0 Å². The number of amides is 1. The third kappa shape index (κ3) is 3.04. The van der Waals surface area contributed by atoms with Gasteiger partial charge in [0, 0.05) is 29.5 Å². The van der Waals surface area contributed by atoms with Crippen LogP contribution in [0.1, 0.15) is 26.7 Å². The first kappa shape index (κ1) is 16.2. The molecule has 0 radical (unpaired) electrons. The van der Waals surface area contributed by atoms with Crippen molar-refractivity contribution in [1.29, 1.82) is 0 Å². The van der Waals surface area contributed by atoms with Crippen LogP contribution in [0.3, 0.4) is 0 Å². The molecule has 3 rings (SSSR count). The van der Waals surface area contributed by atoms with Gasteiger partial charge in [-0.15, -0.1) is 0 Å². The predicted octanol–water partition coefficient (Wildman–Crippen LogP) is 3.23. The van der Waals surface area contributed by atoms with E-state index in [1.54, 1.807) is 6.33 Å². The summed E-state index contributed by atoms with van der Waals surface area (Å²) < 4.78 is 0.992. The summed E-state index contributed by atoms with van der Waals surface area (Å²) in [6, 6.07) is 5.86. The van der Waals surface area contributed by atoms with E-state index in [9.17, 15) is 4.79 Å². The number of hydrogen-bond acceptors (Lipinski definition) is 4. The Morgan fingerprint density at radius 1 is 1.35 bits per heavy atom. The SMILES string of the molecule is CCN(CC)C(=O)C1CCCN1c1ncnc2ccc(Br)cc12. The van der Waals surface area contributed by atoms with E-state index in [-0.39, 0.29) is 11.9 Å². The van der Waals surface area contributed by atoms with Crippen LogP contribution in [0.15, 0.2) is 29.0 Å². The average Bonchev–Trinajstić information content (AvgIpc) is 3.04. The van der Waals surface area contributed by atoms with Gasteiger partial charge in [0.2, 0.25) is 5.91 Å². The standard InChI is InChI=1S/C17H21BrN4O/c1-3-21(4-2)17(23)15-6-5-9-22(15)16-13-10-12(18)7-8-14(13)19-11-20-16/h7-8,10-11,15H,3-6,9H2,1-2H3. The maximum atomic E-state index is 12.8. The van der Waals surface area contributed by atoms with Crippen molar-refractivity contribution >= 4 is 38.6 Å². The van der Waals surface area contributed by atoms with Gasteiger partial charge in [-0.05, 0) is 44.9 Å². The van der Waals surface area contributed by atoms with E-state index in [0.717, 1.165) is 53.7 Å². The topological polar surface area (TPSA) is 49.3 Å². The fourth-order valence-electron chi connectivity index (χ4n) is 3.27. The molecule has 2 heterocycles. The van der Waals surface area contributed by atoms with E-state index < -0.39 is 0 Å². The summed E-state index contributed by atoms with van der Waals surface area (Å²) in [6.07, 6.45) is 3.48. The first-order chi connectivity index (χ1) is 11.2. The number of rotatable bonds is 4. The van der Waals surface area contributed by atoms with Gasteiger partial charge in [-0.2, -0.15) is 0 Å². The molecule has 1 amide bonds. The molecule has 0 saturated carbocycles. The first-order valence-electron chi connectivity index (χ1n) is 8.11. The average molecular weight is 377 g/mol. The largest absolute Gasteiger partial charge is 0.344 e. The summed E-state index contributed by atoms with van der Waals surface area (Å²) in [5, 5.41) is 0.987. The van der Waals surface area contributed by atoms with Crippen molar-refractivity contribution < 1.29 is 4.79 Å². The zero-order chi connectivity index (χ0) is 16.4. The second kappa shape index (κ2) is 6.83. The summed E-state index contributed by atoms with van der Waals surface area (Å²) >= 11 is 3.52. The van der Waals surface area contributed by atoms with Gasteiger partial charge in [0.1, 0.15) is 18.2 Å². The van der Waals surface area contributed by atoms with Crippen molar-refractivity contribution in [3.05, 3.63) is 29.0 Å². The summed E-state index contributed by atoms with van der Waals surface area (Å²) in [5.41, 5.74) is 0.902. The Kier molecular flexibility index (Phi) is 4.80. The van der Waals surface area contributed by atoms with Crippen LogP contribution in [0.25, 0.3) is 10.9 Å². The van der Waals surface area contributed by atoms with E-state index in [2.05, 4.69) is 30.8 Å². The highest BCUT2D eigenvalue weighted by Gasteiger charge is 2.34. The molecule has 5 nitrogen and oxygen atoms in total. The molecule has 2 aromatic rings. The van der Waals surface area contributed by atoms with Gasteiger partial charge >= 0.3 is 0 Å². The minimum absolute atomic E-state index is 0.119. The Hall–Kier alpha value is -1.69. The highest BCUT2D eigenvalue weighted by molar-refractivity contribution is 9.10. The van der Waals surface area contributed by atoms with Gasteiger partial charge in [-0.25, -0.2) is 9.97 Å². The molecule has 1 unspecified atom stereocenters. The van der Waals surface area contributed by atoms with Crippen molar-refractivity contribution in [1.82, 2.24) is 14.9 Å². The lowest BCUT2D eigenvalue weighted by Crippen LogP contribution is -2.46. The number of carbonyl (C=O) groups is 1. The predicted molar refractivity (Wildman–Crippen MR) is 95.5 cm³/mol. The molecular weight excluding hydrogens is 356 g/mol. The van der Waals surface area contributed by atoms with Gasteiger partial charge in [0.15, 0.2) is 0 Å². The molecule has 0 N–H and O–H groups in total. The van der Waals surface area contributed by atoms with Crippen LogP contribution < -0.4 is 4.90 Å². The Labute approximate surface area is 144 Å². The van der Waals surface area contributed by atoms with Crippen molar-refractivity contribution in [3.63, 3.8) is 0 Å². The number of aromatic nitrogens is 2. The highest BCUT2D eigenvalue weighted by Crippen LogP contribution is 2.31. The van der Waals surface area contributed by atoms with Crippen LogP contribution in [-0.2, 0) is 4.79 Å². The van der Waals surface area contributed by atoms with Gasteiger partial charge < -0.3 is 9.80 Å². The lowest BCUT2D eigenvalue weighted by Gasteiger charge is -2.30. The third-order valence-corrected chi connectivity index (χ3v) is 4.95. The van der Waals surface area contributed by atoms with E-state index in [4.69, 9.17) is 0 Å². The summed E-state index contributed by atoms with van der Waals surface area (Å²) in [5.74, 6) is 1.06. The number of nitrogens with zero attached hydrogens (tertiary/aromatic N) is 4. The lowest BCUT2D eigenvalue weighted by atomic mass is 10.1. The second-order valence-corrected chi connectivity index (χ2v) is 6.64. The normalized spacial score (nSPS) is 17.7. The smallest absolute Gasteiger partial charge is 0.245 e. The Bertz CT molecular complexity index is 717. The molecule has 1 aliphatic rings. The number of fused-ring (bicyclic) bond motifs is 1. The van der Waals surface area contributed by atoms with Crippen LogP contribution >= 0.6 is 15.9 Å². The summed E-state index contributed by atoms with van der Waals surface area (Å²) in [7, 11) is 0. The van der Waals surface area contributed by atoms with Crippen LogP contribution in [-0.4, -0.2) is 46.5 Å². The molecular formula is C17H21BrN4O. The van der Waals surface area contributed by atoms with Crippen LogP contribution in [0.2, 0.25) is 0 Å². The first-order valence-corrected chi connectivity index (χ1v) is 8.90. The van der Waals surface area contributed by atoms with Gasteiger partial charge in [-0.3, -0.25) is 4.79 Å². The molecule has 1 saturated heterocycles. The van der Waals surface area contributed by atoms with E-state index in [1.165, 1.54) is 0 Å². The molecule has 1 aromatic carbocycles. The third-order valence-electron chi connectivity index (χ3n) is 4.46. The molecule has 1 aliphatic heterocycles. The van der Waals surface area contributed by atoms with Crippen LogP contribution in [0, 0.1) is 0 Å². The van der Waals surface area contributed by atoms with E-state index in [0.29, 0.717) is 0 Å². The zero-order valence-electron chi connectivity index (χ0n) is 13.5. The van der Waals surface area contributed by atoms with Gasteiger partial charge in [0.05, 0.1) is 5.52 Å². The Morgan fingerprint density at radius 2 is 2.13 bits per heavy atom. The molecule has 0 spiro atoms. The van der Waals surface area contributed by atoms with Crippen molar-refractivity contribution in [2.45, 2.75) is 32.7 Å². The quantitative estimate of drug-likeness (QED) is 0.821. The van der Waals surface area contributed by atoms with E-state index >= 15 is 0 Å². The molecule has 1 fully saturated rings. The molecule has 122 valence electrons. The highest BCUT2D eigenvalue weighted by atomic mass is 79.9. The van der Waals surface area contributed by atoms with Crippen LogP contribution in [0.4, 0.5) is 5.82 Å². The Morgan fingerprint density at radius 3 is 2.87 bits per heavy atom. The zero-order valence-corrected chi connectivity index (χ0v) is 15.1. The second-order valence-electron chi connectivity index (χ2n) is 5.72. The minimum Gasteiger partial charge on any atom is -0.344 e. The fraction of sp³-hybridized carbons (Fsp3) is 0.471. The van der Waals surface area contributed by atoms with Crippen LogP contribution in [0.5, 0.6) is 0 Å². The maximum absolute atomic E-state index is 12.8. The molecule has 6 heteroatoms. The van der Waals surface area contributed by atoms with Gasteiger partial charge in [-0.1, -0.05) is 15.9 Å². The monoisotopic (exact) mass is 376 g/mol. The molecule has 1 atom stereocenters. The number of benzene rings is 1. The minimum atomic E-state index is -0.119. The molecule has 1 aromatic heterocycles. The number of carbonyl (C=O) groups excluding carboxylic acids is 1. The molecule has 0 aliphatic carbocycles. The van der Waals surface area contributed by atoms with Crippen molar-refractivity contribution in [2.24, 2.45) is 0 Å². The Balaban J connectivity index is 2.00. The maximum Gasteiger partial charge on any atom is 0.245 e. The summed E-state index contributed by atoms with van der Waals surface area (Å²) in [6.45, 7) is 6.40. The number of halogens is 1. The van der Waals surface area contributed by atoms with Crippen molar-refractivity contribution in [2.75, 3.05) is 24.5 Å². The number of likely N-dealkylation sites (N-methyl/N-ethyl adjacent to an activating group) is 1. The molecule has 23 heavy (non-hydrogen) atoms. The fourth-order valence-corrected chi connectivity index (χ4v) is 3.63.